The Labute approximate surface area is 155 Å². The number of anilines is 2. The number of fused-ring (bicyclic) bond motifs is 1. The van der Waals surface area contributed by atoms with Gasteiger partial charge in [0, 0.05) is 23.7 Å². The standard InChI is InChI=1S/C19H19N3O3S/c1-3-7-16(23)20-13-10-14(25-2)17-15(11-13)26-19(21-17)22-18(24)12-8-5-4-6-9-12/h4-6,8-11H,3,7H2,1-2H3,(H,20,23)(H,21,22,24). The summed E-state index contributed by atoms with van der Waals surface area (Å²) in [5, 5.41) is 6.14. The van der Waals surface area contributed by atoms with Crippen LogP contribution in [0.3, 0.4) is 0 Å². The first kappa shape index (κ1) is 17.9. The van der Waals surface area contributed by atoms with E-state index in [1.165, 1.54) is 11.3 Å². The molecule has 7 heteroatoms. The molecule has 2 aromatic carbocycles. The van der Waals surface area contributed by atoms with Crippen LogP contribution in [-0.4, -0.2) is 23.9 Å². The number of hydrogen-bond donors (Lipinski definition) is 2. The van der Waals surface area contributed by atoms with Gasteiger partial charge in [-0.3, -0.25) is 14.9 Å². The molecular formula is C19H19N3O3S. The van der Waals surface area contributed by atoms with Crippen molar-refractivity contribution in [3.8, 4) is 5.75 Å². The second kappa shape index (κ2) is 7.97. The molecule has 0 aliphatic rings. The molecule has 3 rings (SSSR count). The molecule has 6 nitrogen and oxygen atoms in total. The number of benzene rings is 2. The molecule has 134 valence electrons. The fourth-order valence-corrected chi connectivity index (χ4v) is 3.41. The topological polar surface area (TPSA) is 80.3 Å². The van der Waals surface area contributed by atoms with Crippen molar-refractivity contribution in [1.82, 2.24) is 4.98 Å². The molecular weight excluding hydrogens is 350 g/mol. The van der Waals surface area contributed by atoms with Gasteiger partial charge in [0.15, 0.2) is 5.13 Å². The molecule has 0 spiro atoms. The third-order valence-corrected chi connectivity index (χ3v) is 4.61. The number of nitrogens with one attached hydrogen (secondary N) is 2. The molecule has 0 fully saturated rings. The lowest BCUT2D eigenvalue weighted by Gasteiger charge is -2.07. The maximum atomic E-state index is 12.3. The SMILES string of the molecule is CCCC(=O)Nc1cc(OC)c2nc(NC(=O)c3ccccc3)sc2c1. The van der Waals surface area contributed by atoms with Gasteiger partial charge in [-0.25, -0.2) is 4.98 Å². The Kier molecular flexibility index (Phi) is 5.48. The number of aromatic nitrogens is 1. The largest absolute Gasteiger partial charge is 0.494 e. The maximum Gasteiger partial charge on any atom is 0.257 e. The number of hydrogen-bond acceptors (Lipinski definition) is 5. The van der Waals surface area contributed by atoms with Crippen molar-refractivity contribution < 1.29 is 14.3 Å². The number of carbonyl (C=O) groups is 2. The number of amides is 2. The van der Waals surface area contributed by atoms with E-state index in [-0.39, 0.29) is 11.8 Å². The van der Waals surface area contributed by atoms with Gasteiger partial charge in [-0.15, -0.1) is 0 Å². The van der Waals surface area contributed by atoms with Crippen LogP contribution in [0.2, 0.25) is 0 Å². The molecule has 26 heavy (non-hydrogen) atoms. The molecule has 0 atom stereocenters. The van der Waals surface area contributed by atoms with Gasteiger partial charge >= 0.3 is 0 Å². The number of carbonyl (C=O) groups excluding carboxylic acids is 2. The first-order valence-electron chi connectivity index (χ1n) is 8.25. The third kappa shape index (κ3) is 4.00. The molecule has 1 heterocycles. The Morgan fingerprint density at radius 2 is 1.92 bits per heavy atom. The Morgan fingerprint density at radius 1 is 1.15 bits per heavy atom. The van der Waals surface area contributed by atoms with Crippen LogP contribution in [0, 0.1) is 0 Å². The Balaban J connectivity index is 1.87. The van der Waals surface area contributed by atoms with Crippen LogP contribution in [-0.2, 0) is 4.79 Å². The van der Waals surface area contributed by atoms with Gasteiger partial charge in [0.05, 0.1) is 11.8 Å². The Morgan fingerprint density at radius 3 is 2.62 bits per heavy atom. The summed E-state index contributed by atoms with van der Waals surface area (Å²) >= 11 is 1.33. The molecule has 3 aromatic rings. The number of nitrogens with zero attached hydrogens (tertiary/aromatic N) is 1. The lowest BCUT2D eigenvalue weighted by atomic mass is 10.2. The predicted molar refractivity (Wildman–Crippen MR) is 104 cm³/mol. The average Bonchev–Trinajstić information content (AvgIpc) is 3.04. The highest BCUT2D eigenvalue weighted by Gasteiger charge is 2.14. The zero-order chi connectivity index (χ0) is 18.5. The zero-order valence-corrected chi connectivity index (χ0v) is 15.4. The predicted octanol–water partition coefficient (Wildman–Crippen LogP) is 4.30. The van der Waals surface area contributed by atoms with Gasteiger partial charge in [-0.05, 0) is 24.6 Å². The van der Waals surface area contributed by atoms with Crippen LogP contribution in [0.15, 0.2) is 42.5 Å². The van der Waals surface area contributed by atoms with Crippen LogP contribution >= 0.6 is 11.3 Å². The van der Waals surface area contributed by atoms with Crippen LogP contribution in [0.4, 0.5) is 10.8 Å². The molecule has 0 saturated carbocycles. The van der Waals surface area contributed by atoms with Gasteiger partial charge < -0.3 is 10.1 Å². The number of methoxy groups -OCH3 is 1. The van der Waals surface area contributed by atoms with E-state index in [0.29, 0.717) is 34.1 Å². The molecule has 0 saturated heterocycles. The normalized spacial score (nSPS) is 10.5. The van der Waals surface area contributed by atoms with Crippen molar-refractivity contribution >= 4 is 44.2 Å². The number of thiazole rings is 1. The lowest BCUT2D eigenvalue weighted by Crippen LogP contribution is -2.11. The van der Waals surface area contributed by atoms with Crippen molar-refractivity contribution in [3.63, 3.8) is 0 Å². The minimum atomic E-state index is -0.222. The quantitative estimate of drug-likeness (QED) is 0.679. The summed E-state index contributed by atoms with van der Waals surface area (Å²) in [4.78, 5) is 28.6. The average molecular weight is 369 g/mol. The van der Waals surface area contributed by atoms with E-state index in [0.717, 1.165) is 11.1 Å². The summed E-state index contributed by atoms with van der Waals surface area (Å²) in [6, 6.07) is 12.5. The Bertz CT molecular complexity index is 938. The summed E-state index contributed by atoms with van der Waals surface area (Å²) < 4.78 is 6.21. The minimum absolute atomic E-state index is 0.0453. The van der Waals surface area contributed by atoms with Crippen LogP contribution in [0.25, 0.3) is 10.2 Å². The second-order valence-electron chi connectivity index (χ2n) is 5.66. The maximum absolute atomic E-state index is 12.3. The zero-order valence-electron chi connectivity index (χ0n) is 14.5. The fourth-order valence-electron chi connectivity index (χ4n) is 2.49. The van der Waals surface area contributed by atoms with Gasteiger partial charge in [-0.2, -0.15) is 0 Å². The summed E-state index contributed by atoms with van der Waals surface area (Å²) in [7, 11) is 1.55. The number of ether oxygens (including phenoxy) is 1. The molecule has 0 bridgehead atoms. The molecule has 0 radical (unpaired) electrons. The van der Waals surface area contributed by atoms with E-state index in [1.807, 2.05) is 31.2 Å². The molecule has 1 aromatic heterocycles. The lowest BCUT2D eigenvalue weighted by molar-refractivity contribution is -0.116. The minimum Gasteiger partial charge on any atom is -0.494 e. The van der Waals surface area contributed by atoms with Crippen molar-refractivity contribution in [1.29, 1.82) is 0 Å². The van der Waals surface area contributed by atoms with Crippen LogP contribution in [0.5, 0.6) is 5.75 Å². The van der Waals surface area contributed by atoms with Crippen molar-refractivity contribution in [3.05, 3.63) is 48.0 Å². The summed E-state index contributed by atoms with van der Waals surface area (Å²) in [6.45, 7) is 1.95. The van der Waals surface area contributed by atoms with Gasteiger partial charge in [0.1, 0.15) is 11.3 Å². The highest BCUT2D eigenvalue weighted by atomic mass is 32.1. The Hall–Kier alpha value is -2.93. The van der Waals surface area contributed by atoms with E-state index in [9.17, 15) is 9.59 Å². The van der Waals surface area contributed by atoms with E-state index < -0.39 is 0 Å². The van der Waals surface area contributed by atoms with E-state index in [1.54, 1.807) is 25.3 Å². The first-order chi connectivity index (χ1) is 12.6. The highest BCUT2D eigenvalue weighted by Crippen LogP contribution is 2.35. The summed E-state index contributed by atoms with van der Waals surface area (Å²) in [5.74, 6) is 0.280. The van der Waals surface area contributed by atoms with Crippen molar-refractivity contribution in [2.45, 2.75) is 19.8 Å². The highest BCUT2D eigenvalue weighted by molar-refractivity contribution is 7.22. The summed E-state index contributed by atoms with van der Waals surface area (Å²) in [5.41, 5.74) is 1.86. The molecule has 2 N–H and O–H groups in total. The van der Waals surface area contributed by atoms with Crippen LogP contribution in [0.1, 0.15) is 30.1 Å². The molecule has 0 aliphatic heterocycles. The fraction of sp³-hybridized carbons (Fsp3) is 0.211. The third-order valence-electron chi connectivity index (χ3n) is 3.70. The molecule has 0 unspecified atom stereocenters. The first-order valence-corrected chi connectivity index (χ1v) is 9.07. The van der Waals surface area contributed by atoms with Crippen molar-refractivity contribution in [2.75, 3.05) is 17.7 Å². The van der Waals surface area contributed by atoms with Crippen LogP contribution < -0.4 is 15.4 Å². The van der Waals surface area contributed by atoms with Gasteiger partial charge in [0.2, 0.25) is 5.91 Å². The molecule has 0 aliphatic carbocycles. The van der Waals surface area contributed by atoms with E-state index >= 15 is 0 Å². The van der Waals surface area contributed by atoms with E-state index in [2.05, 4.69) is 15.6 Å². The van der Waals surface area contributed by atoms with E-state index in [4.69, 9.17) is 4.74 Å². The number of rotatable bonds is 6. The molecule has 2 amide bonds. The van der Waals surface area contributed by atoms with Gasteiger partial charge in [-0.1, -0.05) is 36.5 Å². The summed E-state index contributed by atoms with van der Waals surface area (Å²) in [6.07, 6.45) is 1.24. The second-order valence-corrected chi connectivity index (χ2v) is 6.69. The smallest absolute Gasteiger partial charge is 0.257 e. The van der Waals surface area contributed by atoms with Gasteiger partial charge in [0.25, 0.3) is 5.91 Å². The van der Waals surface area contributed by atoms with Crippen molar-refractivity contribution in [2.24, 2.45) is 0 Å². The monoisotopic (exact) mass is 369 g/mol.